The van der Waals surface area contributed by atoms with Gasteiger partial charge in [-0.3, -0.25) is 4.79 Å². The van der Waals surface area contributed by atoms with Gasteiger partial charge in [0.1, 0.15) is 23.9 Å². The summed E-state index contributed by atoms with van der Waals surface area (Å²) in [7, 11) is 0. The molecule has 0 saturated carbocycles. The van der Waals surface area contributed by atoms with E-state index in [1.807, 2.05) is 0 Å². The lowest BCUT2D eigenvalue weighted by molar-refractivity contribution is 0.105. The number of rotatable bonds is 6. The van der Waals surface area contributed by atoms with E-state index >= 15 is 0 Å². The largest absolute Gasteiger partial charge is 0.486 e. The van der Waals surface area contributed by atoms with Gasteiger partial charge in [-0.15, -0.1) is 11.3 Å². The molecule has 2 heterocycles. The molecule has 3 aromatic rings. The minimum atomic E-state index is -0.122. The van der Waals surface area contributed by atoms with Gasteiger partial charge in [0.05, 0.1) is 20.8 Å². The summed E-state index contributed by atoms with van der Waals surface area (Å²) in [5, 5.41) is 8.76. The number of halogens is 1. The van der Waals surface area contributed by atoms with E-state index in [4.69, 9.17) is 26.0 Å². The molecule has 0 aliphatic heterocycles. The number of ketones is 1. The van der Waals surface area contributed by atoms with Gasteiger partial charge in [0.25, 0.3) is 0 Å². The summed E-state index contributed by atoms with van der Waals surface area (Å²) in [5.74, 6) is 1.73. The average Bonchev–Trinajstić information content (AvgIpc) is 3.27. The predicted molar refractivity (Wildman–Crippen MR) is 96.9 cm³/mol. The Bertz CT molecular complexity index is 948. The first-order valence-electron chi connectivity index (χ1n) is 7.33. The molecule has 6 heteroatoms. The Balaban J connectivity index is 1.57. The summed E-state index contributed by atoms with van der Waals surface area (Å²) in [6.07, 6.45) is 3.06. The van der Waals surface area contributed by atoms with Crippen molar-refractivity contribution in [1.82, 2.24) is 0 Å². The van der Waals surface area contributed by atoms with E-state index in [1.54, 1.807) is 54.6 Å². The minimum Gasteiger partial charge on any atom is -0.486 e. The molecular formula is C19H12ClNO3S. The molecule has 0 atom stereocenters. The molecule has 0 radical (unpaired) electrons. The highest BCUT2D eigenvalue weighted by Crippen LogP contribution is 2.22. The van der Waals surface area contributed by atoms with Crippen molar-refractivity contribution in [2.75, 3.05) is 0 Å². The summed E-state index contributed by atoms with van der Waals surface area (Å²) in [6, 6.07) is 15.8. The highest BCUT2D eigenvalue weighted by molar-refractivity contribution is 7.18. The van der Waals surface area contributed by atoms with E-state index in [0.29, 0.717) is 32.0 Å². The Kier molecular flexibility index (Phi) is 5.34. The van der Waals surface area contributed by atoms with E-state index < -0.39 is 0 Å². The molecule has 0 bridgehead atoms. The van der Waals surface area contributed by atoms with Gasteiger partial charge in [-0.25, -0.2) is 0 Å². The number of ether oxygens (including phenoxy) is 1. The quantitative estimate of drug-likeness (QED) is 0.434. The zero-order valence-corrected chi connectivity index (χ0v) is 14.5. The average molecular weight is 370 g/mol. The Morgan fingerprint density at radius 3 is 2.68 bits per heavy atom. The predicted octanol–water partition coefficient (Wildman–Crippen LogP) is 5.34. The van der Waals surface area contributed by atoms with Crippen LogP contribution in [-0.4, -0.2) is 5.78 Å². The number of furan rings is 1. The maximum atomic E-state index is 12.0. The lowest BCUT2D eigenvalue weighted by Gasteiger charge is -2.03. The molecule has 0 N–H and O–H groups in total. The summed E-state index contributed by atoms with van der Waals surface area (Å²) >= 11 is 7.06. The van der Waals surface area contributed by atoms with Crippen LogP contribution in [0.4, 0.5) is 0 Å². The molecule has 2 aromatic heterocycles. The zero-order valence-electron chi connectivity index (χ0n) is 12.9. The third kappa shape index (κ3) is 4.60. The smallest absolute Gasteiger partial charge is 0.195 e. The molecule has 0 aliphatic carbocycles. The fourth-order valence-electron chi connectivity index (χ4n) is 2.03. The van der Waals surface area contributed by atoms with E-state index in [9.17, 15) is 4.79 Å². The fraction of sp³-hybridized carbons (Fsp3) is 0.0526. The monoisotopic (exact) mass is 369 g/mol. The Morgan fingerprint density at radius 1 is 1.20 bits per heavy atom. The van der Waals surface area contributed by atoms with Gasteiger partial charge in [0.2, 0.25) is 0 Å². The molecule has 0 amide bonds. The van der Waals surface area contributed by atoms with Gasteiger partial charge < -0.3 is 9.15 Å². The van der Waals surface area contributed by atoms with Gasteiger partial charge >= 0.3 is 0 Å². The number of allylic oxidation sites excluding steroid dienone is 1. The number of hydrogen-bond donors (Lipinski definition) is 0. The van der Waals surface area contributed by atoms with Gasteiger partial charge in [0.15, 0.2) is 5.78 Å². The van der Waals surface area contributed by atoms with Crippen LogP contribution >= 0.6 is 22.9 Å². The normalized spacial score (nSPS) is 10.7. The standard InChI is InChI=1S/C19H12ClNO3S/c20-19-10-9-18(25-19)17(22)8-7-15-5-6-16(24-15)12-23-14-3-1-13(11-21)2-4-14/h1-10H,12H2/b8-7+. The van der Waals surface area contributed by atoms with Crippen LogP contribution in [0.2, 0.25) is 4.34 Å². The lowest BCUT2D eigenvalue weighted by atomic mass is 10.2. The van der Waals surface area contributed by atoms with Crippen LogP contribution in [0.15, 0.2) is 59.0 Å². The van der Waals surface area contributed by atoms with Crippen molar-refractivity contribution in [3.63, 3.8) is 0 Å². The first-order chi connectivity index (χ1) is 12.1. The molecule has 0 saturated heterocycles. The lowest BCUT2D eigenvalue weighted by Crippen LogP contribution is -1.93. The maximum absolute atomic E-state index is 12.0. The molecular weight excluding hydrogens is 358 g/mol. The van der Waals surface area contributed by atoms with Gasteiger partial charge in [-0.1, -0.05) is 11.6 Å². The number of nitriles is 1. The van der Waals surface area contributed by atoms with Crippen LogP contribution in [-0.2, 0) is 6.61 Å². The second kappa shape index (κ2) is 7.84. The Labute approximate surface area is 153 Å². The molecule has 3 rings (SSSR count). The summed E-state index contributed by atoms with van der Waals surface area (Å²) < 4.78 is 11.8. The van der Waals surface area contributed by atoms with Crippen molar-refractivity contribution < 1.29 is 13.9 Å². The topological polar surface area (TPSA) is 63.2 Å². The highest BCUT2D eigenvalue weighted by atomic mass is 35.5. The summed E-state index contributed by atoms with van der Waals surface area (Å²) in [4.78, 5) is 12.6. The highest BCUT2D eigenvalue weighted by Gasteiger charge is 2.06. The molecule has 4 nitrogen and oxygen atoms in total. The number of benzene rings is 1. The number of carbonyl (C=O) groups excluding carboxylic acids is 1. The Morgan fingerprint density at radius 2 is 2.00 bits per heavy atom. The van der Waals surface area contributed by atoms with Crippen LogP contribution in [0.5, 0.6) is 5.75 Å². The number of thiophene rings is 1. The minimum absolute atomic E-state index is 0.122. The van der Waals surface area contributed by atoms with Crippen molar-refractivity contribution >= 4 is 34.8 Å². The second-order valence-electron chi connectivity index (χ2n) is 5.03. The van der Waals surface area contributed by atoms with Gasteiger partial charge in [0, 0.05) is 0 Å². The first-order valence-corrected chi connectivity index (χ1v) is 8.53. The van der Waals surface area contributed by atoms with Crippen molar-refractivity contribution in [2.45, 2.75) is 6.61 Å². The van der Waals surface area contributed by atoms with Crippen LogP contribution < -0.4 is 4.74 Å². The van der Waals surface area contributed by atoms with Crippen LogP contribution in [0.3, 0.4) is 0 Å². The third-order valence-corrected chi connectivity index (χ3v) is 4.51. The van der Waals surface area contributed by atoms with Crippen molar-refractivity contribution in [2.24, 2.45) is 0 Å². The van der Waals surface area contributed by atoms with Gasteiger partial charge in [-0.05, 0) is 60.7 Å². The van der Waals surface area contributed by atoms with Crippen molar-refractivity contribution in [3.05, 3.63) is 80.9 Å². The van der Waals surface area contributed by atoms with Crippen molar-refractivity contribution in [3.8, 4) is 11.8 Å². The molecule has 25 heavy (non-hydrogen) atoms. The SMILES string of the molecule is N#Cc1ccc(OCc2ccc(/C=C/C(=O)c3ccc(Cl)s3)o2)cc1. The molecule has 124 valence electrons. The van der Waals surface area contributed by atoms with E-state index in [1.165, 1.54) is 17.4 Å². The molecule has 0 fully saturated rings. The second-order valence-corrected chi connectivity index (χ2v) is 6.75. The van der Waals surface area contributed by atoms with E-state index in [-0.39, 0.29) is 12.4 Å². The maximum Gasteiger partial charge on any atom is 0.195 e. The zero-order chi connectivity index (χ0) is 17.6. The molecule has 1 aromatic carbocycles. The van der Waals surface area contributed by atoms with Crippen LogP contribution in [0.25, 0.3) is 6.08 Å². The number of carbonyl (C=O) groups is 1. The molecule has 0 spiro atoms. The van der Waals surface area contributed by atoms with Crippen LogP contribution in [0.1, 0.15) is 26.8 Å². The van der Waals surface area contributed by atoms with Crippen molar-refractivity contribution in [1.29, 1.82) is 5.26 Å². The van der Waals surface area contributed by atoms with E-state index in [0.717, 1.165) is 0 Å². The number of hydrogen-bond acceptors (Lipinski definition) is 5. The summed E-state index contributed by atoms with van der Waals surface area (Å²) in [6.45, 7) is 0.258. The molecule has 0 unspecified atom stereocenters. The summed E-state index contributed by atoms with van der Waals surface area (Å²) in [5.41, 5.74) is 0.578. The third-order valence-electron chi connectivity index (χ3n) is 3.26. The fourth-order valence-corrected chi connectivity index (χ4v) is 2.99. The van der Waals surface area contributed by atoms with E-state index in [2.05, 4.69) is 6.07 Å². The van der Waals surface area contributed by atoms with Gasteiger partial charge in [-0.2, -0.15) is 5.26 Å². The number of nitrogens with zero attached hydrogens (tertiary/aromatic N) is 1. The first kappa shape index (κ1) is 17.0. The van der Waals surface area contributed by atoms with Crippen LogP contribution in [0, 0.1) is 11.3 Å². The molecule has 0 aliphatic rings. The Hall–Kier alpha value is -2.81.